The molecule has 146 valence electrons. The van der Waals surface area contributed by atoms with Gasteiger partial charge in [-0.15, -0.1) is 0 Å². The average molecular weight is 397 g/mol. The molecule has 1 amide bonds. The van der Waals surface area contributed by atoms with Gasteiger partial charge in [-0.2, -0.15) is 0 Å². The van der Waals surface area contributed by atoms with E-state index in [2.05, 4.69) is 5.32 Å². The smallest absolute Gasteiger partial charge is 0.243 e. The number of fused-ring (bicyclic) bond motifs is 1. The van der Waals surface area contributed by atoms with Gasteiger partial charge < -0.3 is 5.32 Å². The van der Waals surface area contributed by atoms with E-state index in [4.69, 9.17) is 0 Å². The molecule has 0 spiro atoms. The number of carbonyl (C=O) groups is 1. The van der Waals surface area contributed by atoms with Gasteiger partial charge in [-0.25, -0.2) is 8.42 Å². The van der Waals surface area contributed by atoms with Crippen molar-refractivity contribution in [2.24, 2.45) is 0 Å². The van der Waals surface area contributed by atoms with Gasteiger partial charge in [0.2, 0.25) is 15.9 Å². The first-order valence-electron chi connectivity index (χ1n) is 9.08. The van der Waals surface area contributed by atoms with Crippen LogP contribution in [0.2, 0.25) is 0 Å². The number of benzene rings is 3. The fourth-order valence-electron chi connectivity index (χ4n) is 3.28. The molecule has 0 aliphatic rings. The molecule has 0 fully saturated rings. The molecule has 0 saturated heterocycles. The maximum absolute atomic E-state index is 12.8. The minimum atomic E-state index is -3.62. The number of nitrogens with zero attached hydrogens (tertiary/aromatic N) is 1. The number of nitrogens with one attached hydrogen (secondary N) is 1. The highest BCUT2D eigenvalue weighted by Crippen LogP contribution is 2.22. The standard InChI is InChI=1S/C22H24N2O3S/c1-16-11-13-20(14-12-16)24(28(3,26)27)17(2)22(25)23-15-19-9-6-8-18-7-4-5-10-21(18)19/h4-14,17H,15H2,1-3H3,(H,23,25)/t17-/m0/s1. The molecule has 0 aliphatic carbocycles. The van der Waals surface area contributed by atoms with Crippen molar-refractivity contribution in [1.82, 2.24) is 5.32 Å². The Morgan fingerprint density at radius 3 is 2.32 bits per heavy atom. The first-order chi connectivity index (χ1) is 13.3. The molecule has 0 bridgehead atoms. The Morgan fingerprint density at radius 1 is 1.00 bits per heavy atom. The van der Waals surface area contributed by atoms with Gasteiger partial charge in [0.25, 0.3) is 0 Å². The molecular formula is C22H24N2O3S. The number of amides is 1. The molecule has 5 nitrogen and oxygen atoms in total. The van der Waals surface area contributed by atoms with E-state index < -0.39 is 16.1 Å². The summed E-state index contributed by atoms with van der Waals surface area (Å²) in [5.41, 5.74) is 2.48. The van der Waals surface area contributed by atoms with E-state index in [-0.39, 0.29) is 5.91 Å². The van der Waals surface area contributed by atoms with Crippen LogP contribution in [0, 0.1) is 6.92 Å². The molecule has 0 radical (unpaired) electrons. The van der Waals surface area contributed by atoms with Crippen molar-refractivity contribution in [1.29, 1.82) is 0 Å². The fourth-order valence-corrected chi connectivity index (χ4v) is 4.45. The van der Waals surface area contributed by atoms with Gasteiger partial charge in [-0.05, 0) is 42.3 Å². The second-order valence-corrected chi connectivity index (χ2v) is 8.79. The summed E-state index contributed by atoms with van der Waals surface area (Å²) in [5.74, 6) is -0.348. The van der Waals surface area contributed by atoms with Crippen molar-refractivity contribution in [2.45, 2.75) is 26.4 Å². The van der Waals surface area contributed by atoms with Gasteiger partial charge in [0.1, 0.15) is 6.04 Å². The first-order valence-corrected chi connectivity index (χ1v) is 10.9. The monoisotopic (exact) mass is 396 g/mol. The van der Waals surface area contributed by atoms with Crippen LogP contribution < -0.4 is 9.62 Å². The van der Waals surface area contributed by atoms with Crippen LogP contribution in [0.3, 0.4) is 0 Å². The second-order valence-electron chi connectivity index (χ2n) is 6.93. The lowest BCUT2D eigenvalue weighted by atomic mass is 10.0. The van der Waals surface area contributed by atoms with Gasteiger partial charge in [0.05, 0.1) is 11.9 Å². The van der Waals surface area contributed by atoms with Crippen LogP contribution in [0.15, 0.2) is 66.7 Å². The Balaban J connectivity index is 1.81. The molecule has 0 saturated carbocycles. The highest BCUT2D eigenvalue weighted by Gasteiger charge is 2.28. The van der Waals surface area contributed by atoms with Crippen LogP contribution in [0.25, 0.3) is 10.8 Å². The number of hydrogen-bond acceptors (Lipinski definition) is 3. The summed E-state index contributed by atoms with van der Waals surface area (Å²) in [4.78, 5) is 12.8. The lowest BCUT2D eigenvalue weighted by Gasteiger charge is -2.28. The highest BCUT2D eigenvalue weighted by atomic mass is 32.2. The van der Waals surface area contributed by atoms with E-state index >= 15 is 0 Å². The molecule has 6 heteroatoms. The van der Waals surface area contributed by atoms with Crippen LogP contribution in [-0.4, -0.2) is 26.6 Å². The predicted octanol–water partition coefficient (Wildman–Crippen LogP) is 3.62. The molecule has 1 N–H and O–H groups in total. The lowest BCUT2D eigenvalue weighted by Crippen LogP contribution is -2.47. The topological polar surface area (TPSA) is 66.5 Å². The SMILES string of the molecule is Cc1ccc(N([C@@H](C)C(=O)NCc2cccc3ccccc23)S(C)(=O)=O)cc1. The average Bonchev–Trinajstić information content (AvgIpc) is 2.66. The van der Waals surface area contributed by atoms with Crippen molar-refractivity contribution >= 4 is 32.4 Å². The zero-order valence-electron chi connectivity index (χ0n) is 16.2. The van der Waals surface area contributed by atoms with Gasteiger partial charge in [-0.1, -0.05) is 60.2 Å². The van der Waals surface area contributed by atoms with Gasteiger partial charge in [-0.3, -0.25) is 9.10 Å². The molecule has 3 rings (SSSR count). The van der Waals surface area contributed by atoms with Crippen LogP contribution in [0.5, 0.6) is 0 Å². The van der Waals surface area contributed by atoms with Crippen LogP contribution in [-0.2, 0) is 21.4 Å². The van der Waals surface area contributed by atoms with E-state index in [0.29, 0.717) is 12.2 Å². The number of sulfonamides is 1. The molecule has 3 aromatic carbocycles. The zero-order valence-corrected chi connectivity index (χ0v) is 17.0. The van der Waals surface area contributed by atoms with E-state index in [1.54, 1.807) is 19.1 Å². The summed E-state index contributed by atoms with van der Waals surface area (Å²) in [6.07, 6.45) is 1.11. The van der Waals surface area contributed by atoms with Gasteiger partial charge in [0.15, 0.2) is 0 Å². The Morgan fingerprint density at radius 2 is 1.64 bits per heavy atom. The predicted molar refractivity (Wildman–Crippen MR) is 114 cm³/mol. The number of anilines is 1. The minimum absolute atomic E-state index is 0.329. The van der Waals surface area contributed by atoms with E-state index in [0.717, 1.165) is 32.5 Å². The summed E-state index contributed by atoms with van der Waals surface area (Å²) >= 11 is 0. The summed E-state index contributed by atoms with van der Waals surface area (Å²) in [7, 11) is -3.62. The zero-order chi connectivity index (χ0) is 20.3. The van der Waals surface area contributed by atoms with Gasteiger partial charge in [0, 0.05) is 6.54 Å². The largest absolute Gasteiger partial charge is 0.350 e. The Labute approximate surface area is 166 Å². The number of aryl methyl sites for hydroxylation is 1. The summed E-state index contributed by atoms with van der Waals surface area (Å²) in [6.45, 7) is 3.85. The summed E-state index contributed by atoms with van der Waals surface area (Å²) in [5, 5.41) is 5.04. The normalized spacial score (nSPS) is 12.5. The van der Waals surface area contributed by atoms with E-state index in [1.165, 1.54) is 0 Å². The third-order valence-electron chi connectivity index (χ3n) is 4.71. The quantitative estimate of drug-likeness (QED) is 0.692. The molecule has 0 aliphatic heterocycles. The number of hydrogen-bond donors (Lipinski definition) is 1. The maximum atomic E-state index is 12.8. The summed E-state index contributed by atoms with van der Waals surface area (Å²) < 4.78 is 25.9. The van der Waals surface area contributed by atoms with Crippen molar-refractivity contribution < 1.29 is 13.2 Å². The molecule has 0 aromatic heterocycles. The van der Waals surface area contributed by atoms with E-state index in [1.807, 2.05) is 61.5 Å². The van der Waals surface area contributed by atoms with Crippen molar-refractivity contribution in [3.8, 4) is 0 Å². The molecular weight excluding hydrogens is 372 g/mol. The van der Waals surface area contributed by atoms with E-state index in [9.17, 15) is 13.2 Å². The maximum Gasteiger partial charge on any atom is 0.243 e. The minimum Gasteiger partial charge on any atom is -0.350 e. The lowest BCUT2D eigenvalue weighted by molar-refractivity contribution is -0.122. The number of carbonyl (C=O) groups excluding carboxylic acids is 1. The molecule has 3 aromatic rings. The molecule has 0 unspecified atom stereocenters. The molecule has 28 heavy (non-hydrogen) atoms. The van der Waals surface area contributed by atoms with Crippen molar-refractivity contribution in [3.63, 3.8) is 0 Å². The Kier molecular flexibility index (Phi) is 5.70. The fraction of sp³-hybridized carbons (Fsp3) is 0.227. The van der Waals surface area contributed by atoms with Crippen LogP contribution >= 0.6 is 0 Å². The van der Waals surface area contributed by atoms with Gasteiger partial charge >= 0.3 is 0 Å². The summed E-state index contributed by atoms with van der Waals surface area (Å²) in [6, 6.07) is 20.1. The molecule has 0 heterocycles. The van der Waals surface area contributed by atoms with Crippen LogP contribution in [0.1, 0.15) is 18.1 Å². The third-order valence-corrected chi connectivity index (χ3v) is 5.95. The third kappa shape index (κ3) is 4.34. The second kappa shape index (κ2) is 8.02. The Bertz CT molecular complexity index is 1090. The first kappa shape index (κ1) is 19.9. The van der Waals surface area contributed by atoms with Crippen LogP contribution in [0.4, 0.5) is 5.69 Å². The highest BCUT2D eigenvalue weighted by molar-refractivity contribution is 7.92. The van der Waals surface area contributed by atoms with Crippen molar-refractivity contribution in [3.05, 3.63) is 77.9 Å². The van der Waals surface area contributed by atoms with Crippen molar-refractivity contribution in [2.75, 3.05) is 10.6 Å². The number of rotatable bonds is 6. The molecule has 1 atom stereocenters. The Hall–Kier alpha value is -2.86.